The molecule has 0 atom stereocenters. The molecule has 48 valence electrons. The molecular weight excluding hydrogens is 116 g/mol. The van der Waals surface area contributed by atoms with Crippen molar-refractivity contribution in [2.45, 2.75) is 13.2 Å². The zero-order chi connectivity index (χ0) is 6.10. The van der Waals surface area contributed by atoms with Gasteiger partial charge >= 0.3 is 0 Å². The highest BCUT2D eigenvalue weighted by atomic mass is 16.5. The van der Waals surface area contributed by atoms with Gasteiger partial charge in [0, 0.05) is 18.9 Å². The lowest BCUT2D eigenvalue weighted by atomic mass is 10.5. The minimum Gasteiger partial charge on any atom is -0.372 e. The van der Waals surface area contributed by atoms with Gasteiger partial charge in [0.15, 0.2) is 0 Å². The third-order valence-electron chi connectivity index (χ3n) is 1.51. The molecule has 1 aliphatic heterocycles. The van der Waals surface area contributed by atoms with Crippen molar-refractivity contribution in [2.75, 3.05) is 6.61 Å². The van der Waals surface area contributed by atoms with Crippen LogP contribution in [-0.4, -0.2) is 16.2 Å². The highest BCUT2D eigenvalue weighted by Crippen LogP contribution is 2.04. The maximum Gasteiger partial charge on any atom is 0.134 e. The van der Waals surface area contributed by atoms with Gasteiger partial charge in [-0.2, -0.15) is 0 Å². The second kappa shape index (κ2) is 1.84. The molecule has 0 saturated carbocycles. The van der Waals surface area contributed by atoms with Gasteiger partial charge < -0.3 is 9.30 Å². The summed E-state index contributed by atoms with van der Waals surface area (Å²) in [5, 5.41) is 0. The van der Waals surface area contributed by atoms with E-state index in [1.807, 2.05) is 12.4 Å². The van der Waals surface area contributed by atoms with E-state index in [0.29, 0.717) is 6.61 Å². The number of hydrogen-bond acceptors (Lipinski definition) is 2. The van der Waals surface area contributed by atoms with Crippen LogP contribution in [0, 0.1) is 0 Å². The highest BCUT2D eigenvalue weighted by Gasteiger charge is 2.06. The van der Waals surface area contributed by atoms with Crippen LogP contribution in [0.1, 0.15) is 5.82 Å². The molecule has 0 unspecified atom stereocenters. The Hall–Kier alpha value is -0.830. The molecule has 1 aromatic rings. The van der Waals surface area contributed by atoms with Gasteiger partial charge in [0.1, 0.15) is 12.4 Å². The number of rotatable bonds is 0. The fourth-order valence-corrected chi connectivity index (χ4v) is 1.01. The predicted octanol–water partition coefficient (Wildman–Crippen LogP) is 0.413. The Bertz CT molecular complexity index is 186. The van der Waals surface area contributed by atoms with Gasteiger partial charge in [0.2, 0.25) is 0 Å². The fourth-order valence-electron chi connectivity index (χ4n) is 1.01. The number of nitrogens with zero attached hydrogens (tertiary/aromatic N) is 2. The molecule has 9 heavy (non-hydrogen) atoms. The van der Waals surface area contributed by atoms with Crippen LogP contribution in [0.4, 0.5) is 0 Å². The second-order valence-corrected chi connectivity index (χ2v) is 2.09. The van der Waals surface area contributed by atoms with E-state index >= 15 is 0 Å². The van der Waals surface area contributed by atoms with E-state index < -0.39 is 0 Å². The van der Waals surface area contributed by atoms with E-state index in [1.54, 1.807) is 0 Å². The van der Waals surface area contributed by atoms with E-state index in [1.165, 1.54) is 0 Å². The van der Waals surface area contributed by atoms with E-state index in [-0.39, 0.29) is 0 Å². The summed E-state index contributed by atoms with van der Waals surface area (Å²) in [5.41, 5.74) is 0. The highest BCUT2D eigenvalue weighted by molar-refractivity contribution is 4.91. The van der Waals surface area contributed by atoms with Crippen LogP contribution < -0.4 is 0 Å². The number of fused-ring (bicyclic) bond motifs is 1. The summed E-state index contributed by atoms with van der Waals surface area (Å²) in [6, 6.07) is 0. The number of ether oxygens (including phenoxy) is 1. The largest absolute Gasteiger partial charge is 0.372 e. The smallest absolute Gasteiger partial charge is 0.134 e. The van der Waals surface area contributed by atoms with Crippen molar-refractivity contribution >= 4 is 0 Å². The molecule has 1 aliphatic rings. The van der Waals surface area contributed by atoms with Crippen LogP contribution in [0.3, 0.4) is 0 Å². The van der Waals surface area contributed by atoms with Crippen molar-refractivity contribution in [3.63, 3.8) is 0 Å². The van der Waals surface area contributed by atoms with Crippen LogP contribution >= 0.6 is 0 Å². The summed E-state index contributed by atoms with van der Waals surface area (Å²) in [4.78, 5) is 4.09. The molecule has 0 radical (unpaired) electrons. The maximum atomic E-state index is 5.17. The average molecular weight is 124 g/mol. The van der Waals surface area contributed by atoms with E-state index in [4.69, 9.17) is 4.74 Å². The minimum absolute atomic E-state index is 0.674. The minimum atomic E-state index is 0.674. The molecule has 0 N–H and O–H groups in total. The molecule has 0 saturated heterocycles. The zero-order valence-corrected chi connectivity index (χ0v) is 5.08. The summed E-state index contributed by atoms with van der Waals surface area (Å²) in [7, 11) is 0. The van der Waals surface area contributed by atoms with Crippen molar-refractivity contribution in [2.24, 2.45) is 0 Å². The summed E-state index contributed by atoms with van der Waals surface area (Å²) in [5.74, 6) is 1.04. The topological polar surface area (TPSA) is 27.1 Å². The molecule has 0 fully saturated rings. The van der Waals surface area contributed by atoms with Gasteiger partial charge in [-0.1, -0.05) is 0 Å². The Kier molecular flexibility index (Phi) is 1.02. The average Bonchev–Trinajstić information content (AvgIpc) is 2.33. The monoisotopic (exact) mass is 124 g/mol. The van der Waals surface area contributed by atoms with Gasteiger partial charge in [0.25, 0.3) is 0 Å². The van der Waals surface area contributed by atoms with Crippen LogP contribution in [-0.2, 0) is 17.9 Å². The second-order valence-electron chi connectivity index (χ2n) is 2.09. The Balaban J connectivity index is 2.39. The third kappa shape index (κ3) is 0.733. The SMILES string of the molecule is c1cn2c(n1)COCC2. The molecule has 0 spiro atoms. The first kappa shape index (κ1) is 4.99. The van der Waals surface area contributed by atoms with Crippen molar-refractivity contribution < 1.29 is 4.74 Å². The molecule has 3 nitrogen and oxygen atoms in total. The quantitative estimate of drug-likeness (QED) is 0.501. The molecule has 3 heteroatoms. The number of imidazole rings is 1. The molecule has 0 amide bonds. The molecule has 0 aromatic carbocycles. The summed E-state index contributed by atoms with van der Waals surface area (Å²) >= 11 is 0. The molecule has 0 bridgehead atoms. The van der Waals surface area contributed by atoms with Crippen molar-refractivity contribution in [1.82, 2.24) is 9.55 Å². The Labute approximate surface area is 53.3 Å². The van der Waals surface area contributed by atoms with Gasteiger partial charge in [-0.15, -0.1) is 0 Å². The lowest BCUT2D eigenvalue weighted by Crippen LogP contribution is -2.15. The van der Waals surface area contributed by atoms with E-state index in [9.17, 15) is 0 Å². The van der Waals surface area contributed by atoms with Crippen molar-refractivity contribution in [1.29, 1.82) is 0 Å². The van der Waals surface area contributed by atoms with Crippen LogP contribution in [0.25, 0.3) is 0 Å². The Morgan fingerprint density at radius 1 is 1.67 bits per heavy atom. The maximum absolute atomic E-state index is 5.17. The normalized spacial score (nSPS) is 17.3. The van der Waals surface area contributed by atoms with Crippen LogP contribution in [0.5, 0.6) is 0 Å². The van der Waals surface area contributed by atoms with Gasteiger partial charge in [-0.05, 0) is 0 Å². The van der Waals surface area contributed by atoms with E-state index in [0.717, 1.165) is 19.0 Å². The molecule has 2 rings (SSSR count). The zero-order valence-electron chi connectivity index (χ0n) is 5.08. The Morgan fingerprint density at radius 3 is 3.56 bits per heavy atom. The fraction of sp³-hybridized carbons (Fsp3) is 0.500. The van der Waals surface area contributed by atoms with Crippen molar-refractivity contribution in [3.8, 4) is 0 Å². The predicted molar refractivity (Wildman–Crippen MR) is 31.9 cm³/mol. The first-order valence-corrected chi connectivity index (χ1v) is 3.04. The molecule has 1 aromatic heterocycles. The molecular formula is C6H8N2O. The third-order valence-corrected chi connectivity index (χ3v) is 1.51. The van der Waals surface area contributed by atoms with Gasteiger partial charge in [-0.25, -0.2) is 4.98 Å². The number of aromatic nitrogens is 2. The lowest BCUT2D eigenvalue weighted by molar-refractivity contribution is 0.0816. The summed E-state index contributed by atoms with van der Waals surface area (Å²) in [6.07, 6.45) is 3.79. The van der Waals surface area contributed by atoms with Gasteiger partial charge in [0.05, 0.1) is 6.61 Å². The lowest BCUT2D eigenvalue weighted by Gasteiger charge is -2.13. The van der Waals surface area contributed by atoms with Crippen LogP contribution in [0.2, 0.25) is 0 Å². The first-order chi connectivity index (χ1) is 4.47. The molecule has 0 aliphatic carbocycles. The van der Waals surface area contributed by atoms with E-state index in [2.05, 4.69) is 9.55 Å². The van der Waals surface area contributed by atoms with Crippen molar-refractivity contribution in [3.05, 3.63) is 18.2 Å². The van der Waals surface area contributed by atoms with Crippen LogP contribution in [0.15, 0.2) is 12.4 Å². The summed E-state index contributed by atoms with van der Waals surface area (Å²) in [6.45, 7) is 2.45. The molecule has 2 heterocycles. The standard InChI is InChI=1S/C6H8N2O/c1-2-8-3-4-9-5-6(8)7-1/h1-2H,3-5H2. The number of hydrogen-bond donors (Lipinski definition) is 0. The summed E-state index contributed by atoms with van der Waals surface area (Å²) < 4.78 is 7.29. The van der Waals surface area contributed by atoms with Gasteiger partial charge in [-0.3, -0.25) is 0 Å². The first-order valence-electron chi connectivity index (χ1n) is 3.04. The Morgan fingerprint density at radius 2 is 2.67 bits per heavy atom.